The van der Waals surface area contributed by atoms with Crippen LogP contribution in [0.15, 0.2) is 18.3 Å². The molecule has 10 heteroatoms. The maximum Gasteiger partial charge on any atom is 0.286 e. The standard InChI is InChI=1S/C18H18F4N4O2.C2H6/c1-16(19,20)13-5-10-4-11(25-12(10)6-23-13)15(28)24-7-14(27)26-3-2-17(9-26)8-18(17,21)22;1-2/h4-6,25H,2-3,7-9H2,1H3,(H,24,28);1-2H3. The third-order valence-electron chi connectivity index (χ3n) is 5.52. The number of nitrogens with one attached hydrogen (secondary N) is 2. The summed E-state index contributed by atoms with van der Waals surface area (Å²) >= 11 is 0. The molecular weight excluding hydrogens is 404 g/mol. The van der Waals surface area contributed by atoms with E-state index in [2.05, 4.69) is 15.3 Å². The number of hydrogen-bond acceptors (Lipinski definition) is 3. The fourth-order valence-corrected chi connectivity index (χ4v) is 3.67. The molecule has 6 nitrogen and oxygen atoms in total. The molecule has 164 valence electrons. The van der Waals surface area contributed by atoms with E-state index in [1.807, 2.05) is 13.8 Å². The Labute approximate surface area is 171 Å². The summed E-state index contributed by atoms with van der Waals surface area (Å²) in [5.74, 6) is -6.84. The van der Waals surface area contributed by atoms with Crippen molar-refractivity contribution in [3.8, 4) is 0 Å². The van der Waals surface area contributed by atoms with E-state index in [4.69, 9.17) is 0 Å². The number of fused-ring (bicyclic) bond motifs is 1. The highest BCUT2D eigenvalue weighted by atomic mass is 19.3. The number of H-pyrrole nitrogens is 1. The van der Waals surface area contributed by atoms with E-state index in [-0.39, 0.29) is 38.2 Å². The number of carbonyl (C=O) groups is 2. The van der Waals surface area contributed by atoms with E-state index >= 15 is 0 Å². The molecule has 0 radical (unpaired) electrons. The fraction of sp³-hybridized carbons (Fsp3) is 0.550. The Hall–Kier alpha value is -2.65. The van der Waals surface area contributed by atoms with Gasteiger partial charge in [-0.15, -0.1) is 0 Å². The van der Waals surface area contributed by atoms with Crippen molar-refractivity contribution < 1.29 is 27.2 Å². The monoisotopic (exact) mass is 428 g/mol. The highest BCUT2D eigenvalue weighted by Crippen LogP contribution is 2.64. The molecule has 30 heavy (non-hydrogen) atoms. The molecule has 2 aromatic rings. The largest absolute Gasteiger partial charge is 0.349 e. The molecule has 2 N–H and O–H groups in total. The zero-order valence-corrected chi connectivity index (χ0v) is 17.0. The SMILES string of the molecule is CC.CC(F)(F)c1cc2cc(C(=O)NCC(=O)N3CCC4(C3)CC4(F)F)[nH]c2cn1. The normalized spacial score (nSPS) is 22.0. The van der Waals surface area contributed by atoms with Crippen LogP contribution in [0.25, 0.3) is 10.9 Å². The lowest BCUT2D eigenvalue weighted by Crippen LogP contribution is -2.39. The maximum absolute atomic E-state index is 13.4. The second kappa shape index (κ2) is 7.55. The van der Waals surface area contributed by atoms with E-state index in [9.17, 15) is 27.2 Å². The zero-order chi connectivity index (χ0) is 22.3. The second-order valence-corrected chi connectivity index (χ2v) is 7.64. The molecule has 1 atom stereocenters. The molecule has 4 rings (SSSR count). The van der Waals surface area contributed by atoms with Gasteiger partial charge < -0.3 is 15.2 Å². The van der Waals surface area contributed by atoms with Gasteiger partial charge in [0.1, 0.15) is 11.4 Å². The van der Waals surface area contributed by atoms with Gasteiger partial charge in [-0.25, -0.2) is 8.78 Å². The first kappa shape index (κ1) is 22.0. The number of pyridine rings is 1. The van der Waals surface area contributed by atoms with E-state index in [1.165, 1.54) is 23.2 Å². The van der Waals surface area contributed by atoms with Crippen LogP contribution in [0.2, 0.25) is 0 Å². The van der Waals surface area contributed by atoms with E-state index < -0.39 is 34.8 Å². The number of hydrogen-bond donors (Lipinski definition) is 2. The molecular formula is C20H24F4N4O2. The number of alkyl halides is 4. The first-order valence-electron chi connectivity index (χ1n) is 9.82. The first-order valence-corrected chi connectivity index (χ1v) is 9.82. The number of aromatic amines is 1. The summed E-state index contributed by atoms with van der Waals surface area (Å²) in [6.45, 7) is 4.65. The van der Waals surface area contributed by atoms with Crippen molar-refractivity contribution >= 4 is 22.7 Å². The topological polar surface area (TPSA) is 78.1 Å². The Morgan fingerprint density at radius 2 is 1.97 bits per heavy atom. The molecule has 0 bridgehead atoms. The lowest BCUT2D eigenvalue weighted by atomic mass is 10.1. The van der Waals surface area contributed by atoms with E-state index in [0.717, 1.165) is 6.92 Å². The van der Waals surface area contributed by atoms with Crippen LogP contribution in [-0.4, -0.2) is 52.2 Å². The third-order valence-corrected chi connectivity index (χ3v) is 5.52. The molecule has 1 aliphatic carbocycles. The molecule has 2 aliphatic rings. The van der Waals surface area contributed by atoms with Crippen molar-refractivity contribution in [2.45, 2.75) is 45.5 Å². The summed E-state index contributed by atoms with van der Waals surface area (Å²) in [6, 6.07) is 2.58. The lowest BCUT2D eigenvalue weighted by Gasteiger charge is -2.16. The molecule has 1 spiro atoms. The molecule has 3 heterocycles. The lowest BCUT2D eigenvalue weighted by molar-refractivity contribution is -0.129. The van der Waals surface area contributed by atoms with Gasteiger partial charge in [-0.05, 0) is 18.6 Å². The summed E-state index contributed by atoms with van der Waals surface area (Å²) in [7, 11) is 0. The van der Waals surface area contributed by atoms with Crippen LogP contribution in [0.1, 0.15) is 49.8 Å². The van der Waals surface area contributed by atoms with Gasteiger partial charge in [0.15, 0.2) is 0 Å². The van der Waals surface area contributed by atoms with Crippen molar-refractivity contribution in [3.05, 3.63) is 29.7 Å². The highest BCUT2D eigenvalue weighted by Gasteiger charge is 2.72. The van der Waals surface area contributed by atoms with Gasteiger partial charge in [0.05, 0.1) is 23.7 Å². The van der Waals surface area contributed by atoms with Gasteiger partial charge >= 0.3 is 0 Å². The van der Waals surface area contributed by atoms with Crippen LogP contribution < -0.4 is 5.32 Å². The molecule has 2 fully saturated rings. The highest BCUT2D eigenvalue weighted by molar-refractivity contribution is 5.99. The predicted octanol–water partition coefficient (Wildman–Crippen LogP) is 3.69. The molecule has 1 saturated heterocycles. The minimum absolute atomic E-state index is 0.000761. The number of likely N-dealkylation sites (tertiary alicyclic amines) is 1. The number of nitrogens with zero attached hydrogens (tertiary/aromatic N) is 2. The van der Waals surface area contributed by atoms with Crippen LogP contribution >= 0.6 is 0 Å². The van der Waals surface area contributed by atoms with Crippen molar-refractivity contribution in [3.63, 3.8) is 0 Å². The number of carbonyl (C=O) groups excluding carboxylic acids is 2. The Balaban J connectivity index is 0.00000124. The summed E-state index contributed by atoms with van der Waals surface area (Å²) in [5, 5.41) is 2.82. The van der Waals surface area contributed by atoms with E-state index in [1.54, 1.807) is 0 Å². The smallest absolute Gasteiger partial charge is 0.286 e. The van der Waals surface area contributed by atoms with Crippen LogP contribution in [0.4, 0.5) is 17.6 Å². The quantitative estimate of drug-likeness (QED) is 0.730. The van der Waals surface area contributed by atoms with Crippen molar-refractivity contribution in [1.29, 1.82) is 0 Å². The zero-order valence-electron chi connectivity index (χ0n) is 17.0. The summed E-state index contributed by atoms with van der Waals surface area (Å²) in [5.41, 5.74) is -1.01. The van der Waals surface area contributed by atoms with Crippen molar-refractivity contribution in [2.75, 3.05) is 19.6 Å². The minimum Gasteiger partial charge on any atom is -0.349 e. The first-order chi connectivity index (χ1) is 14.0. The third kappa shape index (κ3) is 3.99. The number of amides is 2. The van der Waals surface area contributed by atoms with Gasteiger partial charge in [-0.3, -0.25) is 14.6 Å². The van der Waals surface area contributed by atoms with Crippen molar-refractivity contribution in [1.82, 2.24) is 20.2 Å². The number of halogens is 4. The minimum atomic E-state index is -3.11. The Morgan fingerprint density at radius 1 is 1.30 bits per heavy atom. The van der Waals surface area contributed by atoms with Gasteiger partial charge in [0, 0.05) is 31.8 Å². The molecule has 1 unspecified atom stereocenters. The second-order valence-electron chi connectivity index (χ2n) is 7.64. The van der Waals surface area contributed by atoms with Crippen LogP contribution in [0.3, 0.4) is 0 Å². The van der Waals surface area contributed by atoms with Crippen LogP contribution in [-0.2, 0) is 10.7 Å². The Bertz CT molecular complexity index is 969. The van der Waals surface area contributed by atoms with E-state index in [0.29, 0.717) is 10.9 Å². The van der Waals surface area contributed by atoms with Gasteiger partial charge in [0.25, 0.3) is 17.8 Å². The van der Waals surface area contributed by atoms with Gasteiger partial charge in [0.2, 0.25) is 5.91 Å². The summed E-state index contributed by atoms with van der Waals surface area (Å²) in [6.07, 6.45) is 1.28. The van der Waals surface area contributed by atoms with Gasteiger partial charge in [-0.1, -0.05) is 13.8 Å². The summed E-state index contributed by atoms with van der Waals surface area (Å²) in [4.78, 5) is 32.2. The molecule has 1 saturated carbocycles. The molecule has 0 aromatic carbocycles. The Kier molecular flexibility index (Phi) is 5.55. The molecule has 2 aromatic heterocycles. The average Bonchev–Trinajstić information content (AvgIpc) is 3.07. The predicted molar refractivity (Wildman–Crippen MR) is 103 cm³/mol. The van der Waals surface area contributed by atoms with Crippen LogP contribution in [0, 0.1) is 5.41 Å². The average molecular weight is 428 g/mol. The fourth-order valence-electron chi connectivity index (χ4n) is 3.67. The van der Waals surface area contributed by atoms with Gasteiger partial charge in [-0.2, -0.15) is 8.78 Å². The number of rotatable bonds is 4. The maximum atomic E-state index is 13.4. The van der Waals surface area contributed by atoms with Crippen LogP contribution in [0.5, 0.6) is 0 Å². The molecule has 2 amide bonds. The Morgan fingerprint density at radius 3 is 2.53 bits per heavy atom. The van der Waals surface area contributed by atoms with Crippen molar-refractivity contribution in [2.24, 2.45) is 5.41 Å². The number of aromatic nitrogens is 2. The molecule has 1 aliphatic heterocycles. The summed E-state index contributed by atoms with van der Waals surface area (Å²) < 4.78 is 53.6.